The standard InChI is InChI=1S/C25H24N2O6S/c1-15(23(28)27-21-12-11-17(32-2)14-22(21)33-3)34-18-8-6-7-16(13-18)26-24(29)19-9-4-5-10-20(19)25(30)31/h4-15H,1-3H3,(H,26,29)(H,27,28)(H,30,31). The normalized spacial score (nSPS) is 11.3. The molecule has 8 nitrogen and oxygen atoms in total. The van der Waals surface area contributed by atoms with Gasteiger partial charge in [0.1, 0.15) is 11.5 Å². The maximum Gasteiger partial charge on any atom is 0.336 e. The Labute approximate surface area is 201 Å². The maximum atomic E-state index is 12.7. The third kappa shape index (κ3) is 6.08. The molecular weight excluding hydrogens is 456 g/mol. The highest BCUT2D eigenvalue weighted by molar-refractivity contribution is 8.00. The van der Waals surface area contributed by atoms with Crippen molar-refractivity contribution in [2.75, 3.05) is 24.9 Å². The molecule has 1 atom stereocenters. The summed E-state index contributed by atoms with van der Waals surface area (Å²) >= 11 is 1.31. The number of amides is 2. The maximum absolute atomic E-state index is 12.7. The van der Waals surface area contributed by atoms with Crippen LogP contribution in [0.15, 0.2) is 71.6 Å². The topological polar surface area (TPSA) is 114 Å². The van der Waals surface area contributed by atoms with Gasteiger partial charge < -0.3 is 25.2 Å². The number of nitrogens with one attached hydrogen (secondary N) is 2. The largest absolute Gasteiger partial charge is 0.497 e. The zero-order valence-electron chi connectivity index (χ0n) is 18.8. The van der Waals surface area contributed by atoms with Crippen molar-refractivity contribution in [2.24, 2.45) is 0 Å². The molecule has 3 rings (SSSR count). The van der Waals surface area contributed by atoms with Gasteiger partial charge in [-0.3, -0.25) is 9.59 Å². The summed E-state index contributed by atoms with van der Waals surface area (Å²) in [6.07, 6.45) is 0. The molecule has 0 radical (unpaired) electrons. The minimum absolute atomic E-state index is 0.0641. The van der Waals surface area contributed by atoms with Gasteiger partial charge in [-0.05, 0) is 49.4 Å². The molecule has 0 spiro atoms. The Hall–Kier alpha value is -3.98. The van der Waals surface area contributed by atoms with E-state index < -0.39 is 17.1 Å². The van der Waals surface area contributed by atoms with Crippen LogP contribution in [-0.4, -0.2) is 42.4 Å². The predicted molar refractivity (Wildman–Crippen MR) is 131 cm³/mol. The second-order valence-corrected chi connectivity index (χ2v) is 8.56. The van der Waals surface area contributed by atoms with Gasteiger partial charge in [-0.25, -0.2) is 4.79 Å². The zero-order valence-corrected chi connectivity index (χ0v) is 19.6. The third-order valence-electron chi connectivity index (χ3n) is 4.84. The summed E-state index contributed by atoms with van der Waals surface area (Å²) in [5.41, 5.74) is 0.998. The second kappa shape index (κ2) is 11.2. The molecule has 3 N–H and O–H groups in total. The van der Waals surface area contributed by atoms with E-state index in [4.69, 9.17) is 9.47 Å². The Balaban J connectivity index is 1.68. The van der Waals surface area contributed by atoms with Crippen molar-refractivity contribution in [1.29, 1.82) is 0 Å². The number of thioether (sulfide) groups is 1. The number of anilines is 2. The van der Waals surface area contributed by atoms with E-state index in [-0.39, 0.29) is 17.0 Å². The lowest BCUT2D eigenvalue weighted by Crippen LogP contribution is -2.22. The number of carbonyl (C=O) groups is 3. The SMILES string of the molecule is COc1ccc(NC(=O)C(C)Sc2cccc(NC(=O)c3ccccc3C(=O)O)c2)c(OC)c1. The lowest BCUT2D eigenvalue weighted by molar-refractivity contribution is -0.115. The fraction of sp³-hybridized carbons (Fsp3) is 0.160. The number of carboxylic acid groups (broad SMARTS) is 1. The summed E-state index contributed by atoms with van der Waals surface area (Å²) in [5, 5.41) is 14.4. The molecule has 9 heteroatoms. The third-order valence-corrected chi connectivity index (χ3v) is 5.94. The van der Waals surface area contributed by atoms with Gasteiger partial charge in [0.25, 0.3) is 5.91 Å². The van der Waals surface area contributed by atoms with Crippen molar-refractivity contribution < 1.29 is 29.0 Å². The van der Waals surface area contributed by atoms with Crippen LogP contribution in [0.25, 0.3) is 0 Å². The lowest BCUT2D eigenvalue weighted by atomic mass is 10.1. The van der Waals surface area contributed by atoms with Crippen molar-refractivity contribution in [3.63, 3.8) is 0 Å². The molecule has 2 amide bonds. The minimum Gasteiger partial charge on any atom is -0.497 e. The van der Waals surface area contributed by atoms with Crippen LogP contribution in [-0.2, 0) is 4.79 Å². The van der Waals surface area contributed by atoms with E-state index in [0.717, 1.165) is 4.90 Å². The van der Waals surface area contributed by atoms with Gasteiger partial charge in [-0.15, -0.1) is 11.8 Å². The van der Waals surface area contributed by atoms with Crippen LogP contribution in [0.5, 0.6) is 11.5 Å². The molecule has 0 aliphatic rings. The Morgan fingerprint density at radius 1 is 0.882 bits per heavy atom. The highest BCUT2D eigenvalue weighted by Gasteiger charge is 2.18. The smallest absolute Gasteiger partial charge is 0.336 e. The Morgan fingerprint density at radius 2 is 1.62 bits per heavy atom. The van der Waals surface area contributed by atoms with Crippen LogP contribution < -0.4 is 20.1 Å². The van der Waals surface area contributed by atoms with Crippen molar-refractivity contribution in [3.05, 3.63) is 77.9 Å². The second-order valence-electron chi connectivity index (χ2n) is 7.15. The van der Waals surface area contributed by atoms with E-state index in [1.165, 1.54) is 31.0 Å². The number of carboxylic acids is 1. The van der Waals surface area contributed by atoms with Crippen LogP contribution in [0.4, 0.5) is 11.4 Å². The van der Waals surface area contributed by atoms with Crippen LogP contribution in [0.3, 0.4) is 0 Å². The molecule has 0 saturated heterocycles. The summed E-state index contributed by atoms with van der Waals surface area (Å²) in [6.45, 7) is 1.77. The molecule has 0 aliphatic heterocycles. The fourth-order valence-corrected chi connectivity index (χ4v) is 4.03. The first-order valence-corrected chi connectivity index (χ1v) is 11.1. The quantitative estimate of drug-likeness (QED) is 0.378. The molecule has 34 heavy (non-hydrogen) atoms. The summed E-state index contributed by atoms with van der Waals surface area (Å²) in [5.74, 6) is -0.836. The summed E-state index contributed by atoms with van der Waals surface area (Å²) in [4.78, 5) is 37.5. The van der Waals surface area contributed by atoms with E-state index in [1.807, 2.05) is 6.07 Å². The summed E-state index contributed by atoms with van der Waals surface area (Å²) in [7, 11) is 3.06. The zero-order chi connectivity index (χ0) is 24.7. The van der Waals surface area contributed by atoms with Crippen molar-refractivity contribution >= 4 is 40.9 Å². The van der Waals surface area contributed by atoms with Gasteiger partial charge >= 0.3 is 5.97 Å². The van der Waals surface area contributed by atoms with E-state index in [9.17, 15) is 19.5 Å². The average molecular weight is 481 g/mol. The molecular formula is C25H24N2O6S. The molecule has 176 valence electrons. The van der Waals surface area contributed by atoms with Crippen molar-refractivity contribution in [2.45, 2.75) is 17.1 Å². The van der Waals surface area contributed by atoms with Crippen molar-refractivity contribution in [3.8, 4) is 11.5 Å². The molecule has 3 aromatic rings. The molecule has 0 aliphatic carbocycles. The summed E-state index contributed by atoms with van der Waals surface area (Å²) in [6, 6.07) is 18.1. The van der Waals surface area contributed by atoms with Crippen molar-refractivity contribution in [1.82, 2.24) is 0 Å². The van der Waals surface area contributed by atoms with E-state index >= 15 is 0 Å². The van der Waals surface area contributed by atoms with E-state index in [1.54, 1.807) is 62.6 Å². The molecule has 3 aromatic carbocycles. The predicted octanol–water partition coefficient (Wildman–Crippen LogP) is 4.77. The fourth-order valence-electron chi connectivity index (χ4n) is 3.11. The number of benzene rings is 3. The van der Waals surface area contributed by atoms with E-state index in [2.05, 4.69) is 10.6 Å². The van der Waals surface area contributed by atoms with E-state index in [0.29, 0.717) is 22.9 Å². The highest BCUT2D eigenvalue weighted by Crippen LogP contribution is 2.31. The number of methoxy groups -OCH3 is 2. The number of hydrogen-bond donors (Lipinski definition) is 3. The first kappa shape index (κ1) is 24.7. The van der Waals surface area contributed by atoms with Gasteiger partial charge in [0.15, 0.2) is 0 Å². The van der Waals surface area contributed by atoms with Crippen LogP contribution >= 0.6 is 11.8 Å². The van der Waals surface area contributed by atoms with Crippen LogP contribution in [0, 0.1) is 0 Å². The molecule has 0 aromatic heterocycles. The minimum atomic E-state index is -1.18. The number of rotatable bonds is 9. The Morgan fingerprint density at radius 3 is 2.29 bits per heavy atom. The number of carbonyl (C=O) groups excluding carboxylic acids is 2. The molecule has 0 heterocycles. The first-order chi connectivity index (χ1) is 16.3. The Bertz CT molecular complexity index is 1210. The molecule has 1 unspecified atom stereocenters. The van der Waals surface area contributed by atoms with Crippen LogP contribution in [0.1, 0.15) is 27.6 Å². The first-order valence-electron chi connectivity index (χ1n) is 10.3. The number of hydrogen-bond acceptors (Lipinski definition) is 6. The number of aromatic carboxylic acids is 1. The Kier molecular flexibility index (Phi) is 8.15. The van der Waals surface area contributed by atoms with Gasteiger partial charge in [0.05, 0.1) is 36.3 Å². The lowest BCUT2D eigenvalue weighted by Gasteiger charge is -2.15. The van der Waals surface area contributed by atoms with Gasteiger partial charge in [0.2, 0.25) is 5.91 Å². The van der Waals surface area contributed by atoms with Gasteiger partial charge in [-0.1, -0.05) is 18.2 Å². The van der Waals surface area contributed by atoms with Crippen LogP contribution in [0.2, 0.25) is 0 Å². The number of ether oxygens (including phenoxy) is 2. The monoisotopic (exact) mass is 480 g/mol. The average Bonchev–Trinajstić information content (AvgIpc) is 2.84. The summed E-state index contributed by atoms with van der Waals surface area (Å²) < 4.78 is 10.5. The van der Waals surface area contributed by atoms with Gasteiger partial charge in [-0.2, -0.15) is 0 Å². The molecule has 0 saturated carbocycles. The highest BCUT2D eigenvalue weighted by atomic mass is 32.2. The van der Waals surface area contributed by atoms with Gasteiger partial charge in [0, 0.05) is 16.6 Å². The molecule has 0 bridgehead atoms. The molecule has 0 fully saturated rings.